The Balaban J connectivity index is 1.96. The van der Waals surface area contributed by atoms with Gasteiger partial charge in [-0.2, -0.15) is 0 Å². The van der Waals surface area contributed by atoms with Gasteiger partial charge in [0, 0.05) is 31.6 Å². The normalized spacial score (nSPS) is 19.2. The number of amides is 2. The molecule has 1 unspecified atom stereocenters. The smallest absolute Gasteiger partial charge is 0.223 e. The van der Waals surface area contributed by atoms with E-state index in [2.05, 4.69) is 26.1 Å². The molecule has 0 spiro atoms. The summed E-state index contributed by atoms with van der Waals surface area (Å²) in [6.45, 7) is 8.10. The van der Waals surface area contributed by atoms with Crippen LogP contribution in [0.2, 0.25) is 0 Å². The summed E-state index contributed by atoms with van der Waals surface area (Å²) in [5, 5.41) is 2.75. The van der Waals surface area contributed by atoms with Gasteiger partial charge in [0.05, 0.1) is 11.5 Å². The van der Waals surface area contributed by atoms with Gasteiger partial charge >= 0.3 is 0 Å². The van der Waals surface area contributed by atoms with Crippen molar-refractivity contribution in [3.63, 3.8) is 0 Å². The minimum absolute atomic E-state index is 0.00340. The van der Waals surface area contributed by atoms with Crippen molar-refractivity contribution in [2.45, 2.75) is 52.0 Å². The number of hydrogen-bond acceptors (Lipinski definition) is 4. The molecular formula is C19H28N2O4S. The van der Waals surface area contributed by atoms with Crippen molar-refractivity contribution in [3.8, 4) is 0 Å². The average Bonchev–Trinajstić information content (AvgIpc) is 2.85. The molecule has 7 heteroatoms. The highest BCUT2D eigenvalue weighted by atomic mass is 32.2. The number of nitrogens with one attached hydrogen (secondary N) is 1. The third kappa shape index (κ3) is 5.56. The molecule has 6 nitrogen and oxygen atoms in total. The summed E-state index contributed by atoms with van der Waals surface area (Å²) in [4.78, 5) is 25.7. The molecule has 1 aromatic rings. The lowest BCUT2D eigenvalue weighted by Gasteiger charge is -2.24. The average molecular weight is 381 g/mol. The minimum atomic E-state index is -3.02. The minimum Gasteiger partial charge on any atom is -0.352 e. The van der Waals surface area contributed by atoms with E-state index in [1.165, 1.54) is 12.5 Å². The molecule has 1 N–H and O–H groups in total. The lowest BCUT2D eigenvalue weighted by atomic mass is 9.87. The number of sulfone groups is 1. The van der Waals surface area contributed by atoms with Crippen molar-refractivity contribution >= 4 is 27.3 Å². The van der Waals surface area contributed by atoms with Gasteiger partial charge in [0.25, 0.3) is 0 Å². The predicted octanol–water partition coefficient (Wildman–Crippen LogP) is 2.03. The summed E-state index contributed by atoms with van der Waals surface area (Å²) in [6, 6.07) is 7.46. The van der Waals surface area contributed by atoms with E-state index in [1.807, 2.05) is 24.3 Å². The van der Waals surface area contributed by atoms with Gasteiger partial charge in [-0.3, -0.25) is 9.59 Å². The summed E-state index contributed by atoms with van der Waals surface area (Å²) >= 11 is 0. The van der Waals surface area contributed by atoms with Crippen molar-refractivity contribution in [2.24, 2.45) is 0 Å². The molecule has 0 aliphatic carbocycles. The third-order valence-corrected chi connectivity index (χ3v) is 6.35. The van der Waals surface area contributed by atoms with E-state index in [9.17, 15) is 18.0 Å². The first-order valence-electron chi connectivity index (χ1n) is 8.86. The molecule has 1 aliphatic heterocycles. The number of carbonyl (C=O) groups excluding carboxylic acids is 2. The van der Waals surface area contributed by atoms with Crippen LogP contribution in [0.1, 0.15) is 46.1 Å². The molecule has 0 aromatic heterocycles. The summed E-state index contributed by atoms with van der Waals surface area (Å²) in [5.74, 6) is -0.240. The van der Waals surface area contributed by atoms with Crippen LogP contribution >= 0.6 is 0 Å². The molecule has 1 fully saturated rings. The Hall–Kier alpha value is -1.89. The van der Waals surface area contributed by atoms with E-state index >= 15 is 0 Å². The van der Waals surface area contributed by atoms with E-state index in [-0.39, 0.29) is 47.7 Å². The Morgan fingerprint density at radius 1 is 1.19 bits per heavy atom. The molecule has 2 amide bonds. The highest BCUT2D eigenvalue weighted by Crippen LogP contribution is 2.25. The molecule has 1 atom stereocenters. The van der Waals surface area contributed by atoms with Crippen molar-refractivity contribution in [1.29, 1.82) is 0 Å². The second kappa shape index (κ2) is 7.78. The SMILES string of the molecule is CC(=O)N(CCC(=O)NC1CCS(=O)(=O)C1)c1ccc(C(C)(C)C)cc1. The Labute approximate surface area is 155 Å². The second-order valence-corrected chi connectivity index (χ2v) is 10.1. The lowest BCUT2D eigenvalue weighted by Crippen LogP contribution is -2.38. The van der Waals surface area contributed by atoms with Gasteiger partial charge in [-0.15, -0.1) is 0 Å². The summed E-state index contributed by atoms with van der Waals surface area (Å²) in [5.41, 5.74) is 1.95. The van der Waals surface area contributed by atoms with Gasteiger partial charge in [0.2, 0.25) is 11.8 Å². The fourth-order valence-electron chi connectivity index (χ4n) is 3.03. The van der Waals surface area contributed by atoms with Crippen molar-refractivity contribution in [3.05, 3.63) is 29.8 Å². The summed E-state index contributed by atoms with van der Waals surface area (Å²) < 4.78 is 22.9. The van der Waals surface area contributed by atoms with E-state index in [1.54, 1.807) is 4.90 Å². The number of rotatable bonds is 5. The monoisotopic (exact) mass is 380 g/mol. The van der Waals surface area contributed by atoms with E-state index in [0.29, 0.717) is 6.42 Å². The zero-order chi connectivity index (χ0) is 19.5. The standard InChI is InChI=1S/C19H28N2O4S/c1-14(22)21(17-7-5-15(6-8-17)19(2,3)4)11-9-18(23)20-16-10-12-26(24,25)13-16/h5-8,16H,9-13H2,1-4H3,(H,20,23). The zero-order valence-electron chi connectivity index (χ0n) is 15.9. The van der Waals surface area contributed by atoms with Gasteiger partial charge in [0.15, 0.2) is 9.84 Å². The number of benzene rings is 1. The van der Waals surface area contributed by atoms with Crippen molar-refractivity contribution < 1.29 is 18.0 Å². The highest BCUT2D eigenvalue weighted by Gasteiger charge is 2.29. The number of nitrogens with zero attached hydrogens (tertiary/aromatic N) is 1. The van der Waals surface area contributed by atoms with Crippen molar-refractivity contribution in [1.82, 2.24) is 5.32 Å². The van der Waals surface area contributed by atoms with Crippen LogP contribution in [-0.4, -0.2) is 44.3 Å². The molecule has 2 rings (SSSR count). The van der Waals surface area contributed by atoms with E-state index in [0.717, 1.165) is 5.69 Å². The van der Waals surface area contributed by atoms with Gasteiger partial charge < -0.3 is 10.2 Å². The molecular weight excluding hydrogens is 352 g/mol. The molecule has 1 heterocycles. The van der Waals surface area contributed by atoms with E-state index in [4.69, 9.17) is 0 Å². The van der Waals surface area contributed by atoms with E-state index < -0.39 is 9.84 Å². The first kappa shape index (κ1) is 20.4. The Bertz CT molecular complexity index is 764. The lowest BCUT2D eigenvalue weighted by molar-refractivity contribution is -0.121. The molecule has 0 bridgehead atoms. The molecule has 0 radical (unpaired) electrons. The summed E-state index contributed by atoms with van der Waals surface area (Å²) in [7, 11) is -3.02. The van der Waals surface area contributed by atoms with Crippen LogP contribution in [0, 0.1) is 0 Å². The zero-order valence-corrected chi connectivity index (χ0v) is 16.7. The van der Waals surface area contributed by atoms with Crippen LogP contribution in [0.15, 0.2) is 24.3 Å². The van der Waals surface area contributed by atoms with Crippen LogP contribution in [-0.2, 0) is 24.8 Å². The summed E-state index contributed by atoms with van der Waals surface area (Å²) in [6.07, 6.45) is 0.593. The van der Waals surface area contributed by atoms with Crippen LogP contribution in [0.5, 0.6) is 0 Å². The maximum Gasteiger partial charge on any atom is 0.223 e. The van der Waals surface area contributed by atoms with Crippen LogP contribution in [0.4, 0.5) is 5.69 Å². The van der Waals surface area contributed by atoms with Crippen molar-refractivity contribution in [2.75, 3.05) is 23.0 Å². The first-order valence-corrected chi connectivity index (χ1v) is 10.7. The molecule has 144 valence electrons. The molecule has 1 saturated heterocycles. The van der Waals surface area contributed by atoms with Crippen LogP contribution < -0.4 is 10.2 Å². The largest absolute Gasteiger partial charge is 0.352 e. The maximum atomic E-state index is 12.1. The molecule has 0 saturated carbocycles. The van der Waals surface area contributed by atoms with Gasteiger partial charge in [-0.1, -0.05) is 32.9 Å². The highest BCUT2D eigenvalue weighted by molar-refractivity contribution is 7.91. The van der Waals surface area contributed by atoms with Gasteiger partial charge in [0.1, 0.15) is 0 Å². The third-order valence-electron chi connectivity index (χ3n) is 4.59. The van der Waals surface area contributed by atoms with Gasteiger partial charge in [-0.05, 0) is 29.5 Å². The predicted molar refractivity (Wildman–Crippen MR) is 103 cm³/mol. The quantitative estimate of drug-likeness (QED) is 0.847. The Kier molecular flexibility index (Phi) is 6.11. The topological polar surface area (TPSA) is 83.6 Å². The molecule has 26 heavy (non-hydrogen) atoms. The van der Waals surface area contributed by atoms with Gasteiger partial charge in [-0.25, -0.2) is 8.42 Å². The fraction of sp³-hybridized carbons (Fsp3) is 0.579. The molecule has 1 aliphatic rings. The second-order valence-electron chi connectivity index (χ2n) is 7.89. The number of hydrogen-bond donors (Lipinski definition) is 1. The van der Waals surface area contributed by atoms with Crippen LogP contribution in [0.25, 0.3) is 0 Å². The fourth-order valence-corrected chi connectivity index (χ4v) is 4.71. The number of anilines is 1. The number of carbonyl (C=O) groups is 2. The van der Waals surface area contributed by atoms with Crippen LogP contribution in [0.3, 0.4) is 0 Å². The molecule has 1 aromatic carbocycles. The first-order chi connectivity index (χ1) is 12.0. The maximum absolute atomic E-state index is 12.1. The Morgan fingerprint density at radius 3 is 2.27 bits per heavy atom. The Morgan fingerprint density at radius 2 is 1.81 bits per heavy atom.